The van der Waals surface area contributed by atoms with Crippen LogP contribution in [0, 0.1) is 0 Å². The maximum atomic E-state index is 11.3. The van der Waals surface area contributed by atoms with E-state index < -0.39 is 0 Å². The van der Waals surface area contributed by atoms with Gasteiger partial charge in [0.25, 0.3) is 0 Å². The fourth-order valence-corrected chi connectivity index (χ4v) is 1.25. The molecule has 13 heavy (non-hydrogen) atoms. The minimum Gasteiger partial charge on any atom is -0.368 e. The highest BCUT2D eigenvalue weighted by molar-refractivity contribution is 5.70. The summed E-state index contributed by atoms with van der Waals surface area (Å²) in [6.45, 7) is 2.43. The molecule has 2 rings (SSSR count). The third-order valence-electron chi connectivity index (χ3n) is 1.85. The molecule has 0 aliphatic carbocycles. The number of aryl methyl sites for hydroxylation is 1. The SMILES string of the molecule is CCn1c(=O)[nH]c2cnc(N)nc21. The number of aromatic amines is 1. The average Bonchev–Trinajstić information content (AvgIpc) is 2.40. The molecule has 0 aliphatic heterocycles. The Labute approximate surface area is 73.4 Å². The van der Waals surface area contributed by atoms with E-state index in [1.54, 1.807) is 0 Å². The van der Waals surface area contributed by atoms with Gasteiger partial charge < -0.3 is 10.7 Å². The zero-order chi connectivity index (χ0) is 9.42. The molecule has 0 unspecified atom stereocenters. The fraction of sp³-hybridized carbons (Fsp3) is 0.286. The Hall–Kier alpha value is -1.85. The first-order valence-electron chi connectivity index (χ1n) is 3.93. The van der Waals surface area contributed by atoms with E-state index in [1.807, 2.05) is 6.92 Å². The van der Waals surface area contributed by atoms with Gasteiger partial charge >= 0.3 is 5.69 Å². The van der Waals surface area contributed by atoms with Crippen LogP contribution >= 0.6 is 0 Å². The van der Waals surface area contributed by atoms with Crippen LogP contribution < -0.4 is 11.4 Å². The molecule has 6 nitrogen and oxygen atoms in total. The summed E-state index contributed by atoms with van der Waals surface area (Å²) in [6.07, 6.45) is 1.51. The summed E-state index contributed by atoms with van der Waals surface area (Å²) in [6, 6.07) is 0. The second-order valence-corrected chi connectivity index (χ2v) is 2.64. The minimum atomic E-state index is -0.183. The Balaban J connectivity index is 2.89. The number of rotatable bonds is 1. The molecule has 0 bridgehead atoms. The number of aromatic nitrogens is 4. The highest BCUT2D eigenvalue weighted by Gasteiger charge is 2.06. The molecule has 2 heterocycles. The van der Waals surface area contributed by atoms with Gasteiger partial charge in [0.15, 0.2) is 5.65 Å². The first-order chi connectivity index (χ1) is 6.22. The molecule has 68 valence electrons. The Kier molecular flexibility index (Phi) is 1.54. The number of imidazole rings is 1. The standard InChI is InChI=1S/C7H9N5O/c1-2-12-5-4(10-7(12)13)3-9-6(8)11-5/h3H,2H2,1H3,(H,10,13)(H2,8,9,11). The van der Waals surface area contributed by atoms with Crippen molar-refractivity contribution in [2.75, 3.05) is 5.73 Å². The van der Waals surface area contributed by atoms with Gasteiger partial charge in [-0.3, -0.25) is 4.57 Å². The molecule has 0 atom stereocenters. The van der Waals surface area contributed by atoms with Crippen molar-refractivity contribution in [2.45, 2.75) is 13.5 Å². The summed E-state index contributed by atoms with van der Waals surface area (Å²) in [7, 11) is 0. The van der Waals surface area contributed by atoms with Gasteiger partial charge in [0.05, 0.1) is 6.20 Å². The predicted octanol–water partition coefficient (Wildman–Crippen LogP) is -0.278. The highest BCUT2D eigenvalue weighted by Crippen LogP contribution is 2.05. The Bertz CT molecular complexity index is 497. The fourth-order valence-electron chi connectivity index (χ4n) is 1.25. The maximum absolute atomic E-state index is 11.3. The molecular weight excluding hydrogens is 170 g/mol. The summed E-state index contributed by atoms with van der Waals surface area (Å²) < 4.78 is 1.51. The second-order valence-electron chi connectivity index (χ2n) is 2.64. The van der Waals surface area contributed by atoms with Crippen LogP contribution in [0.2, 0.25) is 0 Å². The van der Waals surface area contributed by atoms with E-state index in [4.69, 9.17) is 5.73 Å². The normalized spacial score (nSPS) is 10.8. The first kappa shape index (κ1) is 7.78. The van der Waals surface area contributed by atoms with Crippen molar-refractivity contribution in [3.05, 3.63) is 16.7 Å². The number of nitrogens with one attached hydrogen (secondary N) is 1. The van der Waals surface area contributed by atoms with Gasteiger partial charge in [0.2, 0.25) is 5.95 Å². The molecule has 0 amide bonds. The molecule has 0 aromatic carbocycles. The number of hydrogen-bond acceptors (Lipinski definition) is 4. The van der Waals surface area contributed by atoms with Crippen LogP contribution in [0.4, 0.5) is 5.95 Å². The van der Waals surface area contributed by atoms with Crippen molar-refractivity contribution in [3.63, 3.8) is 0 Å². The predicted molar refractivity (Wildman–Crippen MR) is 48.2 cm³/mol. The number of anilines is 1. The van der Waals surface area contributed by atoms with E-state index in [2.05, 4.69) is 15.0 Å². The zero-order valence-electron chi connectivity index (χ0n) is 7.11. The second kappa shape index (κ2) is 2.58. The van der Waals surface area contributed by atoms with E-state index in [-0.39, 0.29) is 11.6 Å². The monoisotopic (exact) mass is 179 g/mol. The van der Waals surface area contributed by atoms with Crippen molar-refractivity contribution < 1.29 is 0 Å². The summed E-state index contributed by atoms with van der Waals surface area (Å²) >= 11 is 0. The Morgan fingerprint density at radius 2 is 2.46 bits per heavy atom. The molecule has 0 saturated carbocycles. The highest BCUT2D eigenvalue weighted by atomic mass is 16.1. The van der Waals surface area contributed by atoms with Crippen LogP contribution in [0.3, 0.4) is 0 Å². The number of fused-ring (bicyclic) bond motifs is 1. The van der Waals surface area contributed by atoms with Gasteiger partial charge in [-0.25, -0.2) is 9.78 Å². The molecular formula is C7H9N5O. The molecule has 2 aromatic heterocycles. The van der Waals surface area contributed by atoms with Gasteiger partial charge in [-0.05, 0) is 6.92 Å². The van der Waals surface area contributed by atoms with Crippen molar-refractivity contribution in [3.8, 4) is 0 Å². The van der Waals surface area contributed by atoms with Crippen LogP contribution in [0.25, 0.3) is 11.2 Å². The number of nitrogen functional groups attached to an aromatic ring is 1. The van der Waals surface area contributed by atoms with E-state index in [1.165, 1.54) is 10.8 Å². The molecule has 3 N–H and O–H groups in total. The van der Waals surface area contributed by atoms with Gasteiger partial charge in [-0.15, -0.1) is 0 Å². The van der Waals surface area contributed by atoms with Crippen LogP contribution in [-0.4, -0.2) is 19.5 Å². The molecule has 0 radical (unpaired) electrons. The Morgan fingerprint density at radius 1 is 1.69 bits per heavy atom. The summed E-state index contributed by atoms with van der Waals surface area (Å²) in [5.74, 6) is 0.175. The van der Waals surface area contributed by atoms with Gasteiger partial charge in [-0.1, -0.05) is 0 Å². The lowest BCUT2D eigenvalue weighted by Gasteiger charge is -1.96. The zero-order valence-corrected chi connectivity index (χ0v) is 7.11. The van der Waals surface area contributed by atoms with Crippen LogP contribution in [0.5, 0.6) is 0 Å². The largest absolute Gasteiger partial charge is 0.368 e. The average molecular weight is 179 g/mol. The van der Waals surface area contributed by atoms with Crippen molar-refractivity contribution in [1.29, 1.82) is 0 Å². The van der Waals surface area contributed by atoms with Gasteiger partial charge in [-0.2, -0.15) is 4.98 Å². The number of H-pyrrole nitrogens is 1. The lowest BCUT2D eigenvalue weighted by atomic mass is 10.5. The van der Waals surface area contributed by atoms with Crippen LogP contribution in [0.15, 0.2) is 11.0 Å². The number of hydrogen-bond donors (Lipinski definition) is 2. The molecule has 6 heteroatoms. The van der Waals surface area contributed by atoms with E-state index in [0.29, 0.717) is 17.7 Å². The number of nitrogens with two attached hydrogens (primary N) is 1. The van der Waals surface area contributed by atoms with Crippen LogP contribution in [-0.2, 0) is 6.54 Å². The quantitative estimate of drug-likeness (QED) is 0.630. The van der Waals surface area contributed by atoms with Crippen LogP contribution in [0.1, 0.15) is 6.92 Å². The van der Waals surface area contributed by atoms with Crippen molar-refractivity contribution in [2.24, 2.45) is 0 Å². The maximum Gasteiger partial charge on any atom is 0.327 e. The minimum absolute atomic E-state index is 0.175. The molecule has 0 fully saturated rings. The third-order valence-corrected chi connectivity index (χ3v) is 1.85. The lowest BCUT2D eigenvalue weighted by molar-refractivity contribution is 0.745. The Morgan fingerprint density at radius 3 is 3.15 bits per heavy atom. The van der Waals surface area contributed by atoms with Crippen molar-refractivity contribution in [1.82, 2.24) is 19.5 Å². The topological polar surface area (TPSA) is 89.6 Å². The van der Waals surface area contributed by atoms with Gasteiger partial charge in [0.1, 0.15) is 5.52 Å². The third kappa shape index (κ3) is 1.07. The molecule has 0 spiro atoms. The number of nitrogens with zero attached hydrogens (tertiary/aromatic N) is 3. The molecule has 2 aromatic rings. The summed E-state index contributed by atoms with van der Waals surface area (Å²) in [5.41, 5.74) is 6.39. The van der Waals surface area contributed by atoms with E-state index >= 15 is 0 Å². The molecule has 0 aliphatic rings. The molecule has 0 saturated heterocycles. The van der Waals surface area contributed by atoms with Gasteiger partial charge in [0, 0.05) is 6.54 Å². The summed E-state index contributed by atoms with van der Waals surface area (Å²) in [4.78, 5) is 21.7. The first-order valence-corrected chi connectivity index (χ1v) is 3.93. The lowest BCUT2D eigenvalue weighted by Crippen LogP contribution is -2.15. The van der Waals surface area contributed by atoms with E-state index in [0.717, 1.165) is 0 Å². The smallest absolute Gasteiger partial charge is 0.327 e. The van der Waals surface area contributed by atoms with Crippen molar-refractivity contribution >= 4 is 17.1 Å². The summed E-state index contributed by atoms with van der Waals surface area (Å²) in [5, 5.41) is 0. The van der Waals surface area contributed by atoms with E-state index in [9.17, 15) is 4.79 Å².